The second kappa shape index (κ2) is 8.56. The number of amides is 2. The van der Waals surface area contributed by atoms with Gasteiger partial charge in [0.2, 0.25) is 11.8 Å². The second-order valence-electron chi connectivity index (χ2n) is 5.90. The van der Waals surface area contributed by atoms with Crippen LogP contribution in [0.15, 0.2) is 0 Å². The predicted molar refractivity (Wildman–Crippen MR) is 84.5 cm³/mol. The summed E-state index contributed by atoms with van der Waals surface area (Å²) >= 11 is 0. The average Bonchev–Trinajstić information content (AvgIpc) is 2.45. The van der Waals surface area contributed by atoms with Gasteiger partial charge in [0, 0.05) is 52.2 Å². The molecule has 0 radical (unpaired) electrons. The molecule has 2 rings (SSSR count). The van der Waals surface area contributed by atoms with Crippen molar-refractivity contribution in [1.82, 2.24) is 20.4 Å². The lowest BCUT2D eigenvalue weighted by Crippen LogP contribution is -2.58. The number of carbonyl (C=O) groups is 2. The molecule has 2 amide bonds. The van der Waals surface area contributed by atoms with Gasteiger partial charge in [-0.05, 0) is 5.92 Å². The Hall–Kier alpha value is -0.850. The van der Waals surface area contributed by atoms with E-state index in [2.05, 4.69) is 29.4 Å². The Balaban J connectivity index is 0.00000220. The van der Waals surface area contributed by atoms with E-state index < -0.39 is 0 Å². The smallest absolute Gasteiger partial charge is 0.237 e. The highest BCUT2D eigenvalue weighted by molar-refractivity contribution is 5.85. The van der Waals surface area contributed by atoms with Gasteiger partial charge >= 0.3 is 0 Å². The summed E-state index contributed by atoms with van der Waals surface area (Å²) < 4.78 is 0. The van der Waals surface area contributed by atoms with Crippen molar-refractivity contribution in [2.24, 2.45) is 5.92 Å². The zero-order valence-corrected chi connectivity index (χ0v) is 13.7. The van der Waals surface area contributed by atoms with Crippen molar-refractivity contribution in [3.8, 4) is 0 Å². The molecule has 0 saturated carbocycles. The molecule has 2 N–H and O–H groups in total. The van der Waals surface area contributed by atoms with E-state index >= 15 is 0 Å². The summed E-state index contributed by atoms with van der Waals surface area (Å²) in [5, 5.41) is 6.16. The van der Waals surface area contributed by atoms with Crippen molar-refractivity contribution in [3.63, 3.8) is 0 Å². The zero-order chi connectivity index (χ0) is 14.5. The summed E-state index contributed by atoms with van der Waals surface area (Å²) in [5.74, 6) is 0.574. The van der Waals surface area contributed by atoms with Crippen LogP contribution in [0.1, 0.15) is 20.3 Å². The molecule has 7 heteroatoms. The Morgan fingerprint density at radius 1 is 1.24 bits per heavy atom. The molecule has 1 unspecified atom stereocenters. The van der Waals surface area contributed by atoms with Crippen LogP contribution in [0.5, 0.6) is 0 Å². The lowest BCUT2D eigenvalue weighted by atomic mass is 9.99. The van der Waals surface area contributed by atoms with Crippen molar-refractivity contribution in [2.45, 2.75) is 26.3 Å². The Kier molecular flexibility index (Phi) is 7.42. The molecule has 2 fully saturated rings. The molecule has 0 aromatic carbocycles. The molecule has 1 atom stereocenters. The maximum atomic E-state index is 12.2. The molecule has 2 aliphatic rings. The minimum Gasteiger partial charge on any atom is -0.353 e. The van der Waals surface area contributed by atoms with Gasteiger partial charge in [-0.3, -0.25) is 14.5 Å². The lowest BCUT2D eigenvalue weighted by molar-refractivity contribution is -0.135. The van der Waals surface area contributed by atoms with Gasteiger partial charge in [-0.1, -0.05) is 13.8 Å². The van der Waals surface area contributed by atoms with Crippen LogP contribution in [0.25, 0.3) is 0 Å². The quantitative estimate of drug-likeness (QED) is 0.746. The van der Waals surface area contributed by atoms with Crippen LogP contribution in [-0.2, 0) is 9.59 Å². The van der Waals surface area contributed by atoms with E-state index in [-0.39, 0.29) is 36.2 Å². The van der Waals surface area contributed by atoms with E-state index in [9.17, 15) is 9.59 Å². The monoisotopic (exact) mass is 318 g/mol. The van der Waals surface area contributed by atoms with Gasteiger partial charge < -0.3 is 15.5 Å². The second-order valence-corrected chi connectivity index (χ2v) is 5.90. The molecular weight excluding hydrogens is 292 g/mol. The van der Waals surface area contributed by atoms with E-state index in [1.54, 1.807) is 0 Å². The van der Waals surface area contributed by atoms with Gasteiger partial charge in [0.15, 0.2) is 0 Å². The van der Waals surface area contributed by atoms with E-state index in [0.717, 1.165) is 32.7 Å². The lowest BCUT2D eigenvalue weighted by Gasteiger charge is -2.37. The molecule has 0 spiro atoms. The van der Waals surface area contributed by atoms with Crippen molar-refractivity contribution in [3.05, 3.63) is 0 Å². The standard InChI is InChI=1S/C14H26N4O2.ClH/c1-11(2)13-14(20)16-6-10-18(13)7-3-12(19)17-8-4-15-5-9-17;/h11,13,15H,3-10H2,1-2H3,(H,16,20);1H. The first-order valence-electron chi connectivity index (χ1n) is 7.60. The topological polar surface area (TPSA) is 64.7 Å². The Morgan fingerprint density at radius 3 is 2.52 bits per heavy atom. The number of nitrogens with zero attached hydrogens (tertiary/aromatic N) is 2. The largest absolute Gasteiger partial charge is 0.353 e. The van der Waals surface area contributed by atoms with Gasteiger partial charge in [0.05, 0.1) is 6.04 Å². The van der Waals surface area contributed by atoms with E-state index in [1.165, 1.54) is 0 Å². The van der Waals surface area contributed by atoms with Crippen molar-refractivity contribution < 1.29 is 9.59 Å². The molecule has 6 nitrogen and oxygen atoms in total. The van der Waals surface area contributed by atoms with Crippen LogP contribution in [0.3, 0.4) is 0 Å². The number of carbonyl (C=O) groups excluding carboxylic acids is 2. The van der Waals surface area contributed by atoms with Crippen molar-refractivity contribution in [1.29, 1.82) is 0 Å². The molecule has 2 heterocycles. The molecule has 122 valence electrons. The van der Waals surface area contributed by atoms with E-state index in [4.69, 9.17) is 0 Å². The first-order chi connectivity index (χ1) is 9.59. The van der Waals surface area contributed by atoms with Crippen LogP contribution in [-0.4, -0.2) is 73.5 Å². The van der Waals surface area contributed by atoms with Gasteiger partial charge in [0.1, 0.15) is 0 Å². The maximum absolute atomic E-state index is 12.2. The summed E-state index contributed by atoms with van der Waals surface area (Å²) in [6.07, 6.45) is 0.510. The Bertz CT molecular complexity index is 359. The van der Waals surface area contributed by atoms with Crippen LogP contribution < -0.4 is 10.6 Å². The van der Waals surface area contributed by atoms with Gasteiger partial charge in [0.25, 0.3) is 0 Å². The number of rotatable bonds is 4. The first kappa shape index (κ1) is 18.2. The molecule has 0 aromatic rings. The third kappa shape index (κ3) is 4.83. The van der Waals surface area contributed by atoms with Crippen LogP contribution in [0, 0.1) is 5.92 Å². The normalized spacial score (nSPS) is 23.7. The molecule has 2 aliphatic heterocycles. The summed E-state index contributed by atoms with van der Waals surface area (Å²) in [6, 6.07) is -0.0976. The van der Waals surface area contributed by atoms with Crippen LogP contribution in [0.2, 0.25) is 0 Å². The summed E-state index contributed by atoms with van der Waals surface area (Å²) in [6.45, 7) is 9.67. The number of piperazine rings is 2. The highest BCUT2D eigenvalue weighted by Crippen LogP contribution is 2.14. The van der Waals surface area contributed by atoms with Gasteiger partial charge in [-0.15, -0.1) is 12.4 Å². The first-order valence-corrected chi connectivity index (χ1v) is 7.60. The number of nitrogens with one attached hydrogen (secondary N) is 2. The van der Waals surface area contributed by atoms with Crippen LogP contribution in [0.4, 0.5) is 0 Å². The number of hydrogen-bond acceptors (Lipinski definition) is 4. The number of hydrogen-bond donors (Lipinski definition) is 2. The Labute approximate surface area is 133 Å². The average molecular weight is 319 g/mol. The highest BCUT2D eigenvalue weighted by atomic mass is 35.5. The van der Waals surface area contributed by atoms with Gasteiger partial charge in [-0.25, -0.2) is 0 Å². The molecule has 2 saturated heterocycles. The van der Waals surface area contributed by atoms with Gasteiger partial charge in [-0.2, -0.15) is 0 Å². The zero-order valence-electron chi connectivity index (χ0n) is 12.9. The summed E-state index contributed by atoms with van der Waals surface area (Å²) in [4.78, 5) is 28.2. The minimum absolute atomic E-state index is 0. The van der Waals surface area contributed by atoms with Crippen molar-refractivity contribution >= 4 is 24.2 Å². The van der Waals surface area contributed by atoms with E-state index in [1.807, 2.05) is 4.90 Å². The summed E-state index contributed by atoms with van der Waals surface area (Å²) in [7, 11) is 0. The minimum atomic E-state index is -0.0976. The SMILES string of the molecule is CC(C)C1C(=O)NCCN1CCC(=O)N1CCNCC1.Cl. The molecule has 0 bridgehead atoms. The fourth-order valence-corrected chi connectivity index (χ4v) is 3.02. The third-order valence-electron chi connectivity index (χ3n) is 4.07. The van der Waals surface area contributed by atoms with Crippen LogP contribution >= 0.6 is 12.4 Å². The maximum Gasteiger partial charge on any atom is 0.237 e. The predicted octanol–water partition coefficient (Wildman–Crippen LogP) is -0.313. The molecular formula is C14H27ClN4O2. The third-order valence-corrected chi connectivity index (χ3v) is 4.07. The molecule has 0 aliphatic carbocycles. The fraction of sp³-hybridized carbons (Fsp3) is 0.857. The fourth-order valence-electron chi connectivity index (χ4n) is 3.02. The summed E-state index contributed by atoms with van der Waals surface area (Å²) in [5.41, 5.74) is 0. The van der Waals surface area contributed by atoms with Crippen molar-refractivity contribution in [2.75, 3.05) is 45.8 Å². The van der Waals surface area contributed by atoms with E-state index in [0.29, 0.717) is 19.5 Å². The molecule has 0 aromatic heterocycles. The highest BCUT2D eigenvalue weighted by Gasteiger charge is 2.32. The number of halogens is 1. The Morgan fingerprint density at radius 2 is 1.90 bits per heavy atom. The molecule has 21 heavy (non-hydrogen) atoms.